The second kappa shape index (κ2) is 8.53. The predicted octanol–water partition coefficient (Wildman–Crippen LogP) is 1.78. The fourth-order valence-corrected chi connectivity index (χ4v) is 4.51. The summed E-state index contributed by atoms with van der Waals surface area (Å²) in [6.45, 7) is 3.01. The Hall–Kier alpha value is -2.71. The largest absolute Gasteiger partial charge is 0.273 e. The molecule has 1 fully saturated rings. The molecule has 2 N–H and O–H groups in total. The second-order valence-corrected chi connectivity index (χ2v) is 8.74. The average Bonchev–Trinajstić information content (AvgIpc) is 3.24. The van der Waals surface area contributed by atoms with E-state index < -0.39 is 15.9 Å². The number of carbonyl (C=O) groups excluding carboxylic acids is 2. The van der Waals surface area contributed by atoms with Crippen molar-refractivity contribution in [3.8, 4) is 0 Å². The molecule has 0 atom stereocenters. The Labute approximate surface area is 164 Å². The maximum Gasteiger partial charge on any atom is 0.269 e. The molecule has 8 heteroatoms. The minimum Gasteiger partial charge on any atom is -0.273 e. The number of rotatable bonds is 5. The summed E-state index contributed by atoms with van der Waals surface area (Å²) in [6.07, 6.45) is 1.87. The third-order valence-electron chi connectivity index (χ3n) is 4.62. The Morgan fingerprint density at radius 3 is 2.14 bits per heavy atom. The molecule has 148 valence electrons. The van der Waals surface area contributed by atoms with Crippen molar-refractivity contribution in [3.63, 3.8) is 0 Å². The summed E-state index contributed by atoms with van der Waals surface area (Å²) < 4.78 is 26.4. The lowest BCUT2D eigenvalue weighted by molar-refractivity contribution is -0.121. The zero-order valence-corrected chi connectivity index (χ0v) is 16.5. The maximum atomic E-state index is 12.5. The molecule has 0 radical (unpaired) electrons. The number of nitrogens with one attached hydrogen (secondary N) is 2. The van der Waals surface area contributed by atoms with Crippen molar-refractivity contribution >= 4 is 21.8 Å². The van der Waals surface area contributed by atoms with Crippen molar-refractivity contribution in [2.75, 3.05) is 13.1 Å². The van der Waals surface area contributed by atoms with Crippen LogP contribution in [0.15, 0.2) is 53.4 Å². The van der Waals surface area contributed by atoms with Crippen LogP contribution in [0.1, 0.15) is 34.3 Å². The second-order valence-electron chi connectivity index (χ2n) is 6.80. The summed E-state index contributed by atoms with van der Waals surface area (Å²) in [5.41, 5.74) is 6.92. The van der Waals surface area contributed by atoms with Gasteiger partial charge in [-0.2, -0.15) is 4.31 Å². The van der Waals surface area contributed by atoms with Gasteiger partial charge in [0.2, 0.25) is 15.9 Å². The number of hydrogen-bond donors (Lipinski definition) is 2. The van der Waals surface area contributed by atoms with Crippen LogP contribution in [0.25, 0.3) is 0 Å². The van der Waals surface area contributed by atoms with Gasteiger partial charge in [-0.15, -0.1) is 0 Å². The molecule has 0 unspecified atom stereocenters. The van der Waals surface area contributed by atoms with Gasteiger partial charge < -0.3 is 0 Å². The van der Waals surface area contributed by atoms with E-state index in [1.807, 2.05) is 31.2 Å². The lowest BCUT2D eigenvalue weighted by Gasteiger charge is -2.15. The lowest BCUT2D eigenvalue weighted by Crippen LogP contribution is -2.42. The topological polar surface area (TPSA) is 95.6 Å². The number of hydrogen-bond acceptors (Lipinski definition) is 4. The van der Waals surface area contributed by atoms with E-state index in [1.54, 1.807) is 0 Å². The van der Waals surface area contributed by atoms with Gasteiger partial charge in [-0.25, -0.2) is 8.42 Å². The first-order valence-electron chi connectivity index (χ1n) is 9.11. The molecule has 0 bridgehead atoms. The molecule has 1 aliphatic heterocycles. The molecular formula is C20H23N3O4S. The number of carbonyl (C=O) groups is 2. The summed E-state index contributed by atoms with van der Waals surface area (Å²) >= 11 is 0. The van der Waals surface area contributed by atoms with Crippen LogP contribution in [0.3, 0.4) is 0 Å². The van der Waals surface area contributed by atoms with Crippen molar-refractivity contribution in [2.24, 2.45) is 0 Å². The van der Waals surface area contributed by atoms with Crippen LogP contribution in [-0.4, -0.2) is 37.6 Å². The summed E-state index contributed by atoms with van der Waals surface area (Å²) in [4.78, 5) is 24.3. The smallest absolute Gasteiger partial charge is 0.269 e. The van der Waals surface area contributed by atoms with Gasteiger partial charge in [0.25, 0.3) is 5.91 Å². The molecule has 2 aromatic carbocycles. The Morgan fingerprint density at radius 2 is 1.54 bits per heavy atom. The van der Waals surface area contributed by atoms with E-state index >= 15 is 0 Å². The van der Waals surface area contributed by atoms with Crippen LogP contribution in [-0.2, 0) is 21.2 Å². The van der Waals surface area contributed by atoms with Crippen molar-refractivity contribution in [3.05, 3.63) is 65.2 Å². The third kappa shape index (κ3) is 4.76. The maximum absolute atomic E-state index is 12.5. The molecule has 0 aliphatic carbocycles. The van der Waals surface area contributed by atoms with Gasteiger partial charge in [0.05, 0.1) is 11.3 Å². The van der Waals surface area contributed by atoms with E-state index in [1.165, 1.54) is 28.6 Å². The molecule has 1 saturated heterocycles. The fraction of sp³-hybridized carbons (Fsp3) is 0.300. The number of hydrazine groups is 1. The summed E-state index contributed by atoms with van der Waals surface area (Å²) in [5.74, 6) is -0.854. The monoisotopic (exact) mass is 401 g/mol. The summed E-state index contributed by atoms with van der Waals surface area (Å²) in [5, 5.41) is 0. The van der Waals surface area contributed by atoms with E-state index in [0.29, 0.717) is 13.1 Å². The van der Waals surface area contributed by atoms with E-state index in [2.05, 4.69) is 10.9 Å². The quantitative estimate of drug-likeness (QED) is 0.747. The van der Waals surface area contributed by atoms with Gasteiger partial charge in [-0.3, -0.25) is 20.4 Å². The van der Waals surface area contributed by atoms with Gasteiger partial charge in [-0.1, -0.05) is 29.8 Å². The van der Waals surface area contributed by atoms with Gasteiger partial charge >= 0.3 is 0 Å². The van der Waals surface area contributed by atoms with E-state index in [4.69, 9.17) is 0 Å². The number of aryl methyl sites for hydroxylation is 1. The SMILES string of the molecule is Cc1ccc(CC(=O)NNC(=O)c2ccc(S(=O)(=O)N3CCCC3)cc2)cc1. The van der Waals surface area contributed by atoms with Crippen LogP contribution in [0.5, 0.6) is 0 Å². The highest BCUT2D eigenvalue weighted by molar-refractivity contribution is 7.89. The van der Waals surface area contributed by atoms with Crippen LogP contribution in [0, 0.1) is 6.92 Å². The van der Waals surface area contributed by atoms with Crippen molar-refractivity contribution in [1.82, 2.24) is 15.2 Å². The van der Waals surface area contributed by atoms with Gasteiger partial charge in [0, 0.05) is 18.7 Å². The van der Waals surface area contributed by atoms with Gasteiger partial charge in [0.1, 0.15) is 0 Å². The summed E-state index contributed by atoms with van der Waals surface area (Å²) in [6, 6.07) is 13.2. The van der Waals surface area contributed by atoms with Gasteiger partial charge in [0.15, 0.2) is 0 Å². The first-order valence-corrected chi connectivity index (χ1v) is 10.6. The Kier molecular flexibility index (Phi) is 6.11. The lowest BCUT2D eigenvalue weighted by atomic mass is 10.1. The highest BCUT2D eigenvalue weighted by Gasteiger charge is 2.27. The van der Waals surface area contributed by atoms with Crippen molar-refractivity contribution in [1.29, 1.82) is 0 Å². The number of benzene rings is 2. The Bertz CT molecular complexity index is 948. The predicted molar refractivity (Wildman–Crippen MR) is 105 cm³/mol. The highest BCUT2D eigenvalue weighted by Crippen LogP contribution is 2.21. The molecule has 1 aliphatic rings. The highest BCUT2D eigenvalue weighted by atomic mass is 32.2. The normalized spacial score (nSPS) is 14.6. The standard InChI is InChI=1S/C20H23N3O4S/c1-15-4-6-16(7-5-15)14-19(24)21-22-20(25)17-8-10-18(11-9-17)28(26,27)23-12-2-3-13-23/h4-11H,2-3,12-14H2,1H3,(H,21,24)(H,22,25). The minimum absolute atomic E-state index is 0.146. The molecule has 2 aromatic rings. The first kappa shape index (κ1) is 20.0. The number of nitrogens with zero attached hydrogens (tertiary/aromatic N) is 1. The average molecular weight is 401 g/mol. The van der Waals surface area contributed by atoms with E-state index in [0.717, 1.165) is 24.0 Å². The van der Waals surface area contributed by atoms with Crippen molar-refractivity contribution < 1.29 is 18.0 Å². The Morgan fingerprint density at radius 1 is 0.929 bits per heavy atom. The fourth-order valence-electron chi connectivity index (χ4n) is 2.99. The van der Waals surface area contributed by atoms with E-state index in [-0.39, 0.29) is 22.8 Å². The van der Waals surface area contributed by atoms with Crippen LogP contribution in [0.2, 0.25) is 0 Å². The van der Waals surface area contributed by atoms with Crippen molar-refractivity contribution in [2.45, 2.75) is 31.1 Å². The van der Waals surface area contributed by atoms with Crippen LogP contribution < -0.4 is 10.9 Å². The first-order chi connectivity index (χ1) is 13.4. The number of amides is 2. The zero-order valence-electron chi connectivity index (χ0n) is 15.6. The molecular weight excluding hydrogens is 378 g/mol. The molecule has 2 amide bonds. The minimum atomic E-state index is -3.51. The van der Waals surface area contributed by atoms with E-state index in [9.17, 15) is 18.0 Å². The molecule has 0 aromatic heterocycles. The molecule has 0 spiro atoms. The van der Waals surface area contributed by atoms with Crippen LogP contribution in [0.4, 0.5) is 0 Å². The zero-order chi connectivity index (χ0) is 20.1. The molecule has 0 saturated carbocycles. The molecule has 1 heterocycles. The molecule has 7 nitrogen and oxygen atoms in total. The van der Waals surface area contributed by atoms with Gasteiger partial charge in [-0.05, 0) is 49.6 Å². The Balaban J connectivity index is 1.55. The van der Waals surface area contributed by atoms with Crippen LogP contribution >= 0.6 is 0 Å². The number of sulfonamides is 1. The molecule has 28 heavy (non-hydrogen) atoms. The molecule has 3 rings (SSSR count). The summed E-state index contributed by atoms with van der Waals surface area (Å²) in [7, 11) is -3.51. The third-order valence-corrected chi connectivity index (χ3v) is 6.53.